The van der Waals surface area contributed by atoms with Crippen LogP contribution in [0.1, 0.15) is 6.42 Å². The number of aromatic nitrogens is 2. The monoisotopic (exact) mass is 267 g/mol. The van der Waals surface area contributed by atoms with Crippen molar-refractivity contribution in [2.45, 2.75) is 17.4 Å². The van der Waals surface area contributed by atoms with E-state index in [4.69, 9.17) is 0 Å². The number of hydrogen-bond acceptors (Lipinski definition) is 4. The molecular formula is C11H13N3O3S. The summed E-state index contributed by atoms with van der Waals surface area (Å²) >= 11 is 0. The van der Waals surface area contributed by atoms with Gasteiger partial charge in [0, 0.05) is 30.9 Å². The summed E-state index contributed by atoms with van der Waals surface area (Å²) in [5.41, 5.74) is 0.552. The molecule has 2 aromatic rings. The van der Waals surface area contributed by atoms with E-state index in [0.717, 1.165) is 0 Å². The van der Waals surface area contributed by atoms with Crippen LogP contribution in [0.5, 0.6) is 0 Å². The van der Waals surface area contributed by atoms with Crippen LogP contribution in [0.25, 0.3) is 11.0 Å². The third-order valence-electron chi connectivity index (χ3n) is 3.16. The van der Waals surface area contributed by atoms with E-state index in [2.05, 4.69) is 9.97 Å². The van der Waals surface area contributed by atoms with E-state index in [-0.39, 0.29) is 11.4 Å². The summed E-state index contributed by atoms with van der Waals surface area (Å²) in [7, 11) is -3.55. The van der Waals surface area contributed by atoms with Gasteiger partial charge in [-0.05, 0) is 18.6 Å². The lowest BCUT2D eigenvalue weighted by Gasteiger charge is -2.14. The van der Waals surface area contributed by atoms with Crippen LogP contribution < -0.4 is 0 Å². The van der Waals surface area contributed by atoms with E-state index >= 15 is 0 Å². The summed E-state index contributed by atoms with van der Waals surface area (Å²) in [6.07, 6.45) is 2.98. The van der Waals surface area contributed by atoms with Crippen molar-refractivity contribution in [1.82, 2.24) is 14.3 Å². The molecule has 0 aliphatic carbocycles. The fourth-order valence-corrected chi connectivity index (χ4v) is 3.86. The van der Waals surface area contributed by atoms with Gasteiger partial charge >= 0.3 is 0 Å². The summed E-state index contributed by atoms with van der Waals surface area (Å²) < 4.78 is 26.2. The Hall–Kier alpha value is -1.44. The average molecular weight is 267 g/mol. The van der Waals surface area contributed by atoms with E-state index in [1.54, 1.807) is 18.3 Å². The zero-order valence-electron chi connectivity index (χ0n) is 9.57. The highest BCUT2D eigenvalue weighted by Crippen LogP contribution is 2.26. The number of aromatic amines is 1. The highest BCUT2D eigenvalue weighted by atomic mass is 32.2. The average Bonchev–Trinajstić information content (AvgIpc) is 2.95. The molecule has 7 heteroatoms. The first-order chi connectivity index (χ1) is 8.59. The van der Waals surface area contributed by atoms with Crippen molar-refractivity contribution < 1.29 is 13.5 Å². The fourth-order valence-electron chi connectivity index (χ4n) is 2.21. The number of aliphatic hydroxyl groups excluding tert-OH is 1. The molecule has 0 amide bonds. The summed E-state index contributed by atoms with van der Waals surface area (Å²) in [5, 5.41) is 10.0. The van der Waals surface area contributed by atoms with Crippen LogP contribution in [0, 0.1) is 0 Å². The van der Waals surface area contributed by atoms with Gasteiger partial charge in [0.05, 0.1) is 6.10 Å². The molecule has 1 aliphatic heterocycles. The van der Waals surface area contributed by atoms with Crippen LogP contribution in [-0.4, -0.2) is 47.0 Å². The van der Waals surface area contributed by atoms with Crippen LogP contribution in [0.3, 0.4) is 0 Å². The maximum Gasteiger partial charge on any atom is 0.245 e. The number of rotatable bonds is 2. The molecule has 2 aromatic heterocycles. The molecule has 0 bridgehead atoms. The third-order valence-corrected chi connectivity index (χ3v) is 5.06. The SMILES string of the molecule is O=S(=O)(c1c[nH]c2ncccc12)N1CCC(O)C1. The third kappa shape index (κ3) is 1.71. The highest BCUT2D eigenvalue weighted by Gasteiger charge is 2.33. The van der Waals surface area contributed by atoms with Gasteiger partial charge in [-0.15, -0.1) is 0 Å². The maximum absolute atomic E-state index is 12.4. The number of β-amino-alcohol motifs (C(OH)–C–C–N with tert-alkyl or cyclic N) is 1. The Labute approximate surface area is 104 Å². The lowest BCUT2D eigenvalue weighted by atomic mass is 10.3. The van der Waals surface area contributed by atoms with Gasteiger partial charge in [-0.3, -0.25) is 0 Å². The molecule has 1 fully saturated rings. The smallest absolute Gasteiger partial charge is 0.245 e. The molecule has 6 nitrogen and oxygen atoms in total. The minimum Gasteiger partial charge on any atom is -0.392 e. The van der Waals surface area contributed by atoms with Gasteiger partial charge in [0.25, 0.3) is 0 Å². The molecule has 96 valence electrons. The standard InChI is InChI=1S/C11H13N3O3S/c15-8-3-5-14(7-8)18(16,17)10-6-13-11-9(10)2-1-4-12-11/h1-2,4,6,8,15H,3,5,7H2,(H,12,13). The number of H-pyrrole nitrogens is 1. The van der Waals surface area contributed by atoms with Crippen LogP contribution >= 0.6 is 0 Å². The molecule has 18 heavy (non-hydrogen) atoms. The van der Waals surface area contributed by atoms with Gasteiger partial charge in [-0.1, -0.05) is 0 Å². The van der Waals surface area contributed by atoms with Crippen molar-refractivity contribution in [3.63, 3.8) is 0 Å². The second kappa shape index (κ2) is 4.04. The molecule has 0 spiro atoms. The Morgan fingerprint density at radius 2 is 2.33 bits per heavy atom. The zero-order chi connectivity index (χ0) is 12.8. The number of sulfonamides is 1. The summed E-state index contributed by atoms with van der Waals surface area (Å²) in [5.74, 6) is 0. The first kappa shape index (κ1) is 11.6. The molecule has 1 atom stereocenters. The fraction of sp³-hybridized carbons (Fsp3) is 0.364. The van der Waals surface area contributed by atoms with E-state index in [1.807, 2.05) is 0 Å². The van der Waals surface area contributed by atoms with Gasteiger partial charge in [-0.25, -0.2) is 13.4 Å². The molecule has 0 aromatic carbocycles. The highest BCUT2D eigenvalue weighted by molar-refractivity contribution is 7.89. The molecule has 1 saturated heterocycles. The molecule has 1 unspecified atom stereocenters. The second-order valence-corrected chi connectivity index (χ2v) is 6.26. The number of nitrogens with one attached hydrogen (secondary N) is 1. The Balaban J connectivity index is 2.08. The predicted octanol–water partition coefficient (Wildman–Crippen LogP) is 0.318. The molecule has 3 heterocycles. The Kier molecular flexibility index (Phi) is 2.61. The summed E-state index contributed by atoms with van der Waals surface area (Å²) in [4.78, 5) is 7.14. The Bertz CT molecular complexity index is 680. The van der Waals surface area contributed by atoms with Crippen molar-refractivity contribution in [2.24, 2.45) is 0 Å². The second-order valence-electron chi connectivity index (χ2n) is 4.36. The number of aliphatic hydroxyl groups is 1. The Morgan fingerprint density at radius 3 is 3.06 bits per heavy atom. The predicted molar refractivity (Wildman–Crippen MR) is 65.5 cm³/mol. The van der Waals surface area contributed by atoms with E-state index in [0.29, 0.717) is 24.0 Å². The van der Waals surface area contributed by atoms with Crippen molar-refractivity contribution in [3.8, 4) is 0 Å². The minimum absolute atomic E-state index is 0.162. The van der Waals surface area contributed by atoms with Crippen LogP contribution in [0.15, 0.2) is 29.4 Å². The van der Waals surface area contributed by atoms with Crippen LogP contribution in [-0.2, 0) is 10.0 Å². The van der Waals surface area contributed by atoms with Crippen molar-refractivity contribution in [3.05, 3.63) is 24.5 Å². The van der Waals surface area contributed by atoms with Crippen LogP contribution in [0.2, 0.25) is 0 Å². The number of fused-ring (bicyclic) bond motifs is 1. The zero-order valence-corrected chi connectivity index (χ0v) is 10.4. The number of nitrogens with zero attached hydrogens (tertiary/aromatic N) is 2. The molecule has 0 saturated carbocycles. The molecule has 2 N–H and O–H groups in total. The lowest BCUT2D eigenvalue weighted by molar-refractivity contribution is 0.189. The van der Waals surface area contributed by atoms with E-state index < -0.39 is 16.1 Å². The minimum atomic E-state index is -3.55. The topological polar surface area (TPSA) is 86.3 Å². The normalized spacial score (nSPS) is 21.7. The van der Waals surface area contributed by atoms with E-state index in [9.17, 15) is 13.5 Å². The van der Waals surface area contributed by atoms with E-state index in [1.165, 1.54) is 10.5 Å². The largest absolute Gasteiger partial charge is 0.392 e. The molecule has 0 radical (unpaired) electrons. The quantitative estimate of drug-likeness (QED) is 0.820. The van der Waals surface area contributed by atoms with Crippen LogP contribution in [0.4, 0.5) is 0 Å². The van der Waals surface area contributed by atoms with Crippen molar-refractivity contribution in [1.29, 1.82) is 0 Å². The lowest BCUT2D eigenvalue weighted by Crippen LogP contribution is -2.29. The number of hydrogen-bond donors (Lipinski definition) is 2. The summed E-state index contributed by atoms with van der Waals surface area (Å²) in [6, 6.07) is 3.42. The maximum atomic E-state index is 12.4. The van der Waals surface area contributed by atoms with Gasteiger partial charge < -0.3 is 10.1 Å². The first-order valence-electron chi connectivity index (χ1n) is 5.69. The van der Waals surface area contributed by atoms with Crippen molar-refractivity contribution >= 4 is 21.1 Å². The van der Waals surface area contributed by atoms with Gasteiger partial charge in [0.1, 0.15) is 10.5 Å². The van der Waals surface area contributed by atoms with Gasteiger partial charge in [0.15, 0.2) is 0 Å². The number of pyridine rings is 1. The summed E-state index contributed by atoms with van der Waals surface area (Å²) in [6.45, 7) is 0.520. The first-order valence-corrected chi connectivity index (χ1v) is 7.13. The van der Waals surface area contributed by atoms with Crippen molar-refractivity contribution in [2.75, 3.05) is 13.1 Å². The molecule has 1 aliphatic rings. The Morgan fingerprint density at radius 1 is 1.50 bits per heavy atom. The molecule has 3 rings (SSSR count). The van der Waals surface area contributed by atoms with Gasteiger partial charge in [-0.2, -0.15) is 4.31 Å². The molecular weight excluding hydrogens is 254 g/mol. The van der Waals surface area contributed by atoms with Gasteiger partial charge in [0.2, 0.25) is 10.0 Å².